The van der Waals surface area contributed by atoms with Gasteiger partial charge in [0.15, 0.2) is 6.29 Å². The molecule has 0 bridgehead atoms. The summed E-state index contributed by atoms with van der Waals surface area (Å²) in [6, 6.07) is 4.69. The first kappa shape index (κ1) is 12.0. The number of piperidine rings is 1. The van der Waals surface area contributed by atoms with Crippen LogP contribution < -0.4 is 4.90 Å². The topological polar surface area (TPSA) is 40.5 Å². The molecule has 0 atom stereocenters. The van der Waals surface area contributed by atoms with Gasteiger partial charge in [0.2, 0.25) is 0 Å². The number of aldehydes is 1. The highest BCUT2D eigenvalue weighted by Gasteiger charge is 2.21. The van der Waals surface area contributed by atoms with Crippen LogP contribution >= 0.6 is 0 Å². The largest absolute Gasteiger partial charge is 0.396 e. The fourth-order valence-corrected chi connectivity index (χ4v) is 2.27. The van der Waals surface area contributed by atoms with Crippen molar-refractivity contribution in [2.24, 2.45) is 5.92 Å². The van der Waals surface area contributed by atoms with Crippen LogP contribution in [0, 0.1) is 11.7 Å². The molecule has 0 radical (unpaired) electrons. The van der Waals surface area contributed by atoms with Crippen molar-refractivity contribution in [2.75, 3.05) is 24.6 Å². The Morgan fingerprint density at radius 2 is 2.12 bits per heavy atom. The average molecular weight is 237 g/mol. The first-order valence-electron chi connectivity index (χ1n) is 5.85. The van der Waals surface area contributed by atoms with Gasteiger partial charge in [-0.15, -0.1) is 0 Å². The second-order valence-electron chi connectivity index (χ2n) is 4.40. The first-order chi connectivity index (χ1) is 8.26. The average Bonchev–Trinajstić information content (AvgIpc) is 2.38. The molecular weight excluding hydrogens is 221 g/mol. The molecule has 2 rings (SSSR count). The van der Waals surface area contributed by atoms with Crippen molar-refractivity contribution in [1.29, 1.82) is 0 Å². The van der Waals surface area contributed by atoms with Crippen molar-refractivity contribution >= 4 is 12.0 Å². The van der Waals surface area contributed by atoms with Gasteiger partial charge in [0.25, 0.3) is 0 Å². The number of aliphatic hydroxyl groups excluding tert-OH is 1. The first-order valence-corrected chi connectivity index (χ1v) is 5.85. The number of hydrogen-bond donors (Lipinski definition) is 1. The number of aliphatic hydroxyl groups is 1. The van der Waals surface area contributed by atoms with E-state index >= 15 is 0 Å². The van der Waals surface area contributed by atoms with Crippen molar-refractivity contribution in [1.82, 2.24) is 0 Å². The van der Waals surface area contributed by atoms with E-state index in [0.717, 1.165) is 25.9 Å². The Hall–Kier alpha value is -1.42. The third-order valence-corrected chi connectivity index (χ3v) is 3.36. The fourth-order valence-electron chi connectivity index (χ4n) is 2.27. The summed E-state index contributed by atoms with van der Waals surface area (Å²) in [5.41, 5.74) is 0.798. The van der Waals surface area contributed by atoms with Crippen LogP contribution in [0.5, 0.6) is 0 Å². The van der Waals surface area contributed by atoms with Crippen molar-refractivity contribution in [3.8, 4) is 0 Å². The summed E-state index contributed by atoms with van der Waals surface area (Å²) in [6.07, 6.45) is 2.33. The molecule has 0 saturated carbocycles. The standard InChI is InChI=1S/C13H16FNO2/c14-12-2-1-3-13(11(12)9-17)15-6-4-10(8-16)5-7-15/h1-3,9-10,16H,4-8H2. The van der Waals surface area contributed by atoms with E-state index in [2.05, 4.69) is 0 Å². The van der Waals surface area contributed by atoms with E-state index in [1.54, 1.807) is 12.1 Å². The molecule has 1 aromatic carbocycles. The smallest absolute Gasteiger partial charge is 0.155 e. The van der Waals surface area contributed by atoms with Gasteiger partial charge in [-0.3, -0.25) is 4.79 Å². The second kappa shape index (κ2) is 5.27. The van der Waals surface area contributed by atoms with Crippen LogP contribution in [0.4, 0.5) is 10.1 Å². The van der Waals surface area contributed by atoms with Gasteiger partial charge < -0.3 is 10.0 Å². The molecule has 1 aromatic rings. The van der Waals surface area contributed by atoms with Gasteiger partial charge >= 0.3 is 0 Å². The second-order valence-corrected chi connectivity index (χ2v) is 4.40. The van der Waals surface area contributed by atoms with Crippen LogP contribution in [-0.2, 0) is 0 Å². The van der Waals surface area contributed by atoms with Crippen molar-refractivity contribution < 1.29 is 14.3 Å². The maximum atomic E-state index is 13.5. The van der Waals surface area contributed by atoms with E-state index < -0.39 is 5.82 Å². The monoisotopic (exact) mass is 237 g/mol. The Labute approximate surface area is 99.9 Å². The fraction of sp³-hybridized carbons (Fsp3) is 0.462. The quantitative estimate of drug-likeness (QED) is 0.816. The third kappa shape index (κ3) is 2.47. The molecule has 3 nitrogen and oxygen atoms in total. The normalized spacial score (nSPS) is 17.2. The zero-order chi connectivity index (χ0) is 12.3. The van der Waals surface area contributed by atoms with Crippen molar-refractivity contribution in [2.45, 2.75) is 12.8 Å². The Morgan fingerprint density at radius 3 is 2.71 bits per heavy atom. The Balaban J connectivity index is 2.18. The molecule has 1 fully saturated rings. The molecule has 92 valence electrons. The number of hydrogen-bond acceptors (Lipinski definition) is 3. The van der Waals surface area contributed by atoms with Gasteiger partial charge in [-0.25, -0.2) is 4.39 Å². The van der Waals surface area contributed by atoms with Gasteiger partial charge in [-0.05, 0) is 30.9 Å². The molecule has 0 aromatic heterocycles. The Morgan fingerprint density at radius 1 is 1.41 bits per heavy atom. The minimum absolute atomic E-state index is 0.134. The Kier molecular flexibility index (Phi) is 3.74. The number of benzene rings is 1. The number of anilines is 1. The lowest BCUT2D eigenvalue weighted by molar-refractivity contribution is 0.112. The minimum atomic E-state index is -0.471. The number of rotatable bonds is 3. The molecule has 1 N–H and O–H groups in total. The zero-order valence-electron chi connectivity index (χ0n) is 9.60. The van der Waals surface area contributed by atoms with Crippen LogP contribution in [0.3, 0.4) is 0 Å². The summed E-state index contributed by atoms with van der Waals surface area (Å²) in [6.45, 7) is 1.72. The van der Waals surface area contributed by atoms with E-state index in [1.165, 1.54) is 6.07 Å². The summed E-state index contributed by atoms with van der Waals surface area (Å²) in [5, 5.41) is 9.06. The molecular formula is C13H16FNO2. The summed E-state index contributed by atoms with van der Waals surface area (Å²) in [4.78, 5) is 12.9. The van der Waals surface area contributed by atoms with Crippen LogP contribution in [0.1, 0.15) is 23.2 Å². The van der Waals surface area contributed by atoms with Crippen LogP contribution in [0.15, 0.2) is 18.2 Å². The highest BCUT2D eigenvalue weighted by atomic mass is 19.1. The molecule has 1 aliphatic heterocycles. The predicted octanol–water partition coefficient (Wildman–Crippen LogP) is 1.85. The molecule has 0 amide bonds. The van der Waals surface area contributed by atoms with Gasteiger partial charge in [0, 0.05) is 19.7 Å². The third-order valence-electron chi connectivity index (χ3n) is 3.36. The lowest BCUT2D eigenvalue weighted by atomic mass is 9.97. The molecule has 1 aliphatic rings. The summed E-state index contributed by atoms with van der Waals surface area (Å²) >= 11 is 0. The molecule has 0 aliphatic carbocycles. The summed E-state index contributed by atoms with van der Waals surface area (Å²) in [5.74, 6) is -0.138. The van der Waals surface area contributed by atoms with E-state index in [1.807, 2.05) is 4.90 Å². The molecule has 1 heterocycles. The molecule has 0 unspecified atom stereocenters. The molecule has 0 spiro atoms. The van der Waals surface area contributed by atoms with E-state index in [9.17, 15) is 9.18 Å². The van der Waals surface area contributed by atoms with Gasteiger partial charge in [0.1, 0.15) is 5.82 Å². The lowest BCUT2D eigenvalue weighted by Gasteiger charge is -2.33. The van der Waals surface area contributed by atoms with Gasteiger partial charge in [0.05, 0.1) is 11.3 Å². The number of carbonyl (C=O) groups excluding carboxylic acids is 1. The molecule has 1 saturated heterocycles. The number of carbonyl (C=O) groups is 1. The zero-order valence-corrected chi connectivity index (χ0v) is 9.60. The van der Waals surface area contributed by atoms with Crippen LogP contribution in [0.25, 0.3) is 0 Å². The van der Waals surface area contributed by atoms with E-state index in [0.29, 0.717) is 17.9 Å². The minimum Gasteiger partial charge on any atom is -0.396 e. The van der Waals surface area contributed by atoms with Crippen molar-refractivity contribution in [3.63, 3.8) is 0 Å². The highest BCUT2D eigenvalue weighted by molar-refractivity contribution is 5.85. The maximum Gasteiger partial charge on any atom is 0.155 e. The highest BCUT2D eigenvalue weighted by Crippen LogP contribution is 2.26. The Bertz CT molecular complexity index is 400. The van der Waals surface area contributed by atoms with E-state index in [-0.39, 0.29) is 12.2 Å². The number of nitrogens with zero attached hydrogens (tertiary/aromatic N) is 1. The molecule has 4 heteroatoms. The maximum absolute atomic E-state index is 13.5. The van der Waals surface area contributed by atoms with Crippen LogP contribution in [0.2, 0.25) is 0 Å². The SMILES string of the molecule is O=Cc1c(F)cccc1N1CCC(CO)CC1. The number of halogens is 1. The van der Waals surface area contributed by atoms with Crippen molar-refractivity contribution in [3.05, 3.63) is 29.6 Å². The summed E-state index contributed by atoms with van der Waals surface area (Å²) in [7, 11) is 0. The van der Waals surface area contributed by atoms with Gasteiger partial charge in [-0.1, -0.05) is 6.07 Å². The lowest BCUT2D eigenvalue weighted by Crippen LogP contribution is -2.35. The summed E-state index contributed by atoms with van der Waals surface area (Å²) < 4.78 is 13.5. The van der Waals surface area contributed by atoms with Gasteiger partial charge in [-0.2, -0.15) is 0 Å². The van der Waals surface area contributed by atoms with Crippen LogP contribution in [-0.4, -0.2) is 31.1 Å². The predicted molar refractivity (Wildman–Crippen MR) is 63.8 cm³/mol. The molecule has 17 heavy (non-hydrogen) atoms. The van der Waals surface area contributed by atoms with E-state index in [4.69, 9.17) is 5.11 Å².